The van der Waals surface area contributed by atoms with E-state index in [1.165, 1.54) is 6.92 Å². The van der Waals surface area contributed by atoms with Crippen LogP contribution < -0.4 is 0 Å². The Morgan fingerprint density at radius 1 is 1.25 bits per heavy atom. The molecule has 0 aliphatic rings. The number of aromatic nitrogens is 1. The van der Waals surface area contributed by atoms with Crippen molar-refractivity contribution in [3.63, 3.8) is 0 Å². The van der Waals surface area contributed by atoms with Gasteiger partial charge in [-0.15, -0.1) is 11.3 Å². The van der Waals surface area contributed by atoms with Gasteiger partial charge in [0.15, 0.2) is 16.6 Å². The van der Waals surface area contributed by atoms with Gasteiger partial charge in [-0.05, 0) is 18.6 Å². The lowest BCUT2D eigenvalue weighted by molar-refractivity contribution is -0.137. The SMILES string of the molecule is Cc1cc(F)c(F)c2nc(C(F)(F)F)sc12. The number of thiazole rings is 1. The topological polar surface area (TPSA) is 12.9 Å². The molecular weight excluding hydrogens is 249 g/mol. The summed E-state index contributed by atoms with van der Waals surface area (Å²) in [7, 11) is 0. The molecule has 86 valence electrons. The molecule has 0 aliphatic carbocycles. The average molecular weight is 253 g/mol. The van der Waals surface area contributed by atoms with Gasteiger partial charge in [-0.1, -0.05) is 0 Å². The zero-order chi connectivity index (χ0) is 12.1. The maximum atomic E-state index is 13.2. The summed E-state index contributed by atoms with van der Waals surface area (Å²) in [5, 5.41) is -1.17. The van der Waals surface area contributed by atoms with Crippen LogP contribution in [0.25, 0.3) is 10.2 Å². The van der Waals surface area contributed by atoms with Crippen LogP contribution in [-0.2, 0) is 6.18 Å². The van der Waals surface area contributed by atoms with Crippen molar-refractivity contribution >= 4 is 21.6 Å². The highest BCUT2D eigenvalue weighted by Crippen LogP contribution is 2.37. The van der Waals surface area contributed by atoms with Crippen LogP contribution in [0.2, 0.25) is 0 Å². The fraction of sp³-hybridized carbons (Fsp3) is 0.222. The lowest BCUT2D eigenvalue weighted by Crippen LogP contribution is -2.03. The third-order valence-electron chi connectivity index (χ3n) is 1.99. The van der Waals surface area contributed by atoms with Gasteiger partial charge in [0.25, 0.3) is 0 Å². The monoisotopic (exact) mass is 253 g/mol. The van der Waals surface area contributed by atoms with Crippen molar-refractivity contribution in [2.75, 3.05) is 0 Å². The second-order valence-corrected chi connectivity index (χ2v) is 4.18. The molecule has 0 fully saturated rings. The van der Waals surface area contributed by atoms with Gasteiger partial charge in [0, 0.05) is 0 Å². The van der Waals surface area contributed by atoms with Crippen LogP contribution in [0.15, 0.2) is 6.07 Å². The van der Waals surface area contributed by atoms with Gasteiger partial charge < -0.3 is 0 Å². The molecule has 0 bridgehead atoms. The Labute approximate surface area is 90.5 Å². The van der Waals surface area contributed by atoms with Gasteiger partial charge in [0.05, 0.1) is 4.70 Å². The van der Waals surface area contributed by atoms with Gasteiger partial charge in [-0.3, -0.25) is 0 Å². The number of hydrogen-bond acceptors (Lipinski definition) is 2. The number of fused-ring (bicyclic) bond motifs is 1. The van der Waals surface area contributed by atoms with E-state index >= 15 is 0 Å². The smallest absolute Gasteiger partial charge is 0.229 e. The molecule has 0 N–H and O–H groups in total. The number of aryl methyl sites for hydroxylation is 1. The fourth-order valence-electron chi connectivity index (χ4n) is 1.29. The quantitative estimate of drug-likeness (QED) is 0.649. The molecule has 2 aromatic rings. The summed E-state index contributed by atoms with van der Waals surface area (Å²) in [6, 6.07) is 0.857. The largest absolute Gasteiger partial charge is 0.443 e. The van der Waals surface area contributed by atoms with E-state index in [0.29, 0.717) is 11.3 Å². The van der Waals surface area contributed by atoms with Crippen LogP contribution in [0.4, 0.5) is 22.0 Å². The molecule has 1 aromatic heterocycles. The molecule has 0 atom stereocenters. The van der Waals surface area contributed by atoms with Crippen molar-refractivity contribution in [2.45, 2.75) is 13.1 Å². The summed E-state index contributed by atoms with van der Waals surface area (Å²) >= 11 is 0.311. The molecule has 16 heavy (non-hydrogen) atoms. The van der Waals surface area contributed by atoms with Gasteiger partial charge in [-0.2, -0.15) is 13.2 Å². The molecule has 1 aromatic carbocycles. The van der Waals surface area contributed by atoms with Crippen LogP contribution in [0.3, 0.4) is 0 Å². The third kappa shape index (κ3) is 1.64. The lowest BCUT2D eigenvalue weighted by atomic mass is 10.2. The van der Waals surface area contributed by atoms with Crippen LogP contribution in [0.1, 0.15) is 10.6 Å². The number of halogens is 5. The van der Waals surface area contributed by atoms with E-state index in [1.54, 1.807) is 0 Å². The van der Waals surface area contributed by atoms with Crippen molar-refractivity contribution in [3.8, 4) is 0 Å². The van der Waals surface area contributed by atoms with Crippen LogP contribution in [-0.4, -0.2) is 4.98 Å². The predicted molar refractivity (Wildman–Crippen MR) is 49.3 cm³/mol. The summed E-state index contributed by atoms with van der Waals surface area (Å²) in [5.74, 6) is -2.53. The molecular formula is C9H4F5NS. The summed E-state index contributed by atoms with van der Waals surface area (Å²) in [6.45, 7) is 1.41. The second kappa shape index (κ2) is 3.38. The molecule has 1 heterocycles. The molecule has 7 heteroatoms. The Kier molecular flexibility index (Phi) is 2.37. The Morgan fingerprint density at radius 3 is 2.44 bits per heavy atom. The molecule has 0 aliphatic heterocycles. The van der Waals surface area contributed by atoms with Crippen molar-refractivity contribution < 1.29 is 22.0 Å². The fourth-order valence-corrected chi connectivity index (χ4v) is 2.19. The van der Waals surface area contributed by atoms with Crippen LogP contribution in [0, 0.1) is 18.6 Å². The molecule has 2 rings (SSSR count). The molecule has 0 radical (unpaired) electrons. The molecule has 0 saturated heterocycles. The second-order valence-electron chi connectivity index (χ2n) is 3.18. The van der Waals surface area contributed by atoms with E-state index in [9.17, 15) is 22.0 Å². The maximum absolute atomic E-state index is 13.2. The minimum atomic E-state index is -4.64. The van der Waals surface area contributed by atoms with Crippen molar-refractivity contribution in [2.24, 2.45) is 0 Å². The molecule has 0 unspecified atom stereocenters. The number of benzene rings is 1. The Balaban J connectivity index is 2.80. The highest BCUT2D eigenvalue weighted by molar-refractivity contribution is 7.18. The first-order valence-electron chi connectivity index (χ1n) is 4.13. The Bertz CT molecular complexity index is 557. The summed E-state index contributed by atoms with van der Waals surface area (Å²) in [6.07, 6.45) is -4.64. The zero-order valence-corrected chi connectivity index (χ0v) is 8.64. The van der Waals surface area contributed by atoms with Crippen molar-refractivity contribution in [1.29, 1.82) is 0 Å². The summed E-state index contributed by atoms with van der Waals surface area (Å²) in [5.41, 5.74) is -0.322. The molecule has 0 saturated carbocycles. The molecule has 0 spiro atoms. The lowest BCUT2D eigenvalue weighted by Gasteiger charge is -1.98. The predicted octanol–water partition coefficient (Wildman–Crippen LogP) is 3.90. The highest BCUT2D eigenvalue weighted by Gasteiger charge is 2.35. The van der Waals surface area contributed by atoms with Gasteiger partial charge in [-0.25, -0.2) is 13.8 Å². The Hall–Kier alpha value is -1.24. The standard InChI is InChI=1S/C9H4F5NS/c1-3-2-4(10)5(11)6-7(3)16-8(15-6)9(12,13)14/h2H,1H3. The number of hydrogen-bond donors (Lipinski definition) is 0. The minimum absolute atomic E-state index is 0.0197. The van der Waals surface area contributed by atoms with E-state index < -0.39 is 28.3 Å². The van der Waals surface area contributed by atoms with Crippen molar-refractivity contribution in [3.05, 3.63) is 28.3 Å². The minimum Gasteiger partial charge on any atom is -0.229 e. The first kappa shape index (κ1) is 11.3. The van der Waals surface area contributed by atoms with E-state index in [4.69, 9.17) is 0 Å². The van der Waals surface area contributed by atoms with Gasteiger partial charge in [0.2, 0.25) is 0 Å². The molecule has 0 amide bonds. The zero-order valence-electron chi connectivity index (χ0n) is 7.82. The maximum Gasteiger partial charge on any atom is 0.443 e. The van der Waals surface area contributed by atoms with E-state index in [-0.39, 0.29) is 10.3 Å². The summed E-state index contributed by atoms with van der Waals surface area (Å²) in [4.78, 5) is 3.08. The third-order valence-corrected chi connectivity index (χ3v) is 3.22. The summed E-state index contributed by atoms with van der Waals surface area (Å²) < 4.78 is 63.1. The van der Waals surface area contributed by atoms with Crippen molar-refractivity contribution in [1.82, 2.24) is 4.98 Å². The van der Waals surface area contributed by atoms with Crippen LogP contribution >= 0.6 is 11.3 Å². The average Bonchev–Trinajstić information content (AvgIpc) is 2.58. The Morgan fingerprint density at radius 2 is 1.88 bits per heavy atom. The normalized spacial score (nSPS) is 12.4. The first-order valence-corrected chi connectivity index (χ1v) is 4.94. The van der Waals surface area contributed by atoms with Crippen LogP contribution in [0.5, 0.6) is 0 Å². The highest BCUT2D eigenvalue weighted by atomic mass is 32.1. The number of nitrogens with zero attached hydrogens (tertiary/aromatic N) is 1. The number of alkyl halides is 3. The first-order chi connectivity index (χ1) is 7.30. The van der Waals surface area contributed by atoms with E-state index in [1.807, 2.05) is 0 Å². The number of rotatable bonds is 0. The van der Waals surface area contributed by atoms with E-state index in [0.717, 1.165) is 6.07 Å². The van der Waals surface area contributed by atoms with Gasteiger partial charge >= 0.3 is 6.18 Å². The van der Waals surface area contributed by atoms with Gasteiger partial charge in [0.1, 0.15) is 5.52 Å². The molecule has 1 nitrogen and oxygen atoms in total. The van der Waals surface area contributed by atoms with E-state index in [2.05, 4.69) is 4.98 Å².